The first-order chi connectivity index (χ1) is 15.1. The van der Waals surface area contributed by atoms with Crippen LogP contribution in [-0.4, -0.2) is 46.0 Å². The molecule has 0 aromatic carbocycles. The van der Waals surface area contributed by atoms with E-state index in [9.17, 15) is 0 Å². The molecule has 0 fully saturated rings. The van der Waals surface area contributed by atoms with Crippen LogP contribution in [0.3, 0.4) is 0 Å². The zero-order valence-electron chi connectivity index (χ0n) is 22.4. The van der Waals surface area contributed by atoms with Crippen LogP contribution >= 0.6 is 0 Å². The molecule has 0 saturated carbocycles. The number of rotatable bonds is 25. The van der Waals surface area contributed by atoms with Gasteiger partial charge in [0, 0.05) is 19.8 Å². The SMILES string of the molecule is CCCCCCCCCCCCCCCCCC[S+](C)C[Si](OCC)(OCC)OCC.[Cl-]. The van der Waals surface area contributed by atoms with Crippen molar-refractivity contribution in [1.82, 2.24) is 0 Å². The van der Waals surface area contributed by atoms with Crippen LogP contribution in [0.15, 0.2) is 0 Å². The molecule has 0 rings (SSSR count). The van der Waals surface area contributed by atoms with Crippen LogP contribution in [-0.2, 0) is 24.2 Å². The zero-order chi connectivity index (χ0) is 23.0. The summed E-state index contributed by atoms with van der Waals surface area (Å²) in [6, 6.07) is 0. The van der Waals surface area contributed by atoms with Gasteiger partial charge in [-0.25, -0.2) is 0 Å². The predicted octanol–water partition coefficient (Wildman–Crippen LogP) is 5.09. The van der Waals surface area contributed by atoms with Gasteiger partial charge in [-0.1, -0.05) is 96.8 Å². The van der Waals surface area contributed by atoms with Crippen molar-refractivity contribution in [1.29, 1.82) is 0 Å². The first-order valence-corrected chi connectivity index (χ1v) is 17.5. The highest BCUT2D eigenvalue weighted by molar-refractivity contribution is 7.97. The third-order valence-corrected chi connectivity index (χ3v) is 12.4. The first kappa shape index (κ1) is 34.9. The van der Waals surface area contributed by atoms with Crippen LogP contribution in [0.5, 0.6) is 0 Å². The van der Waals surface area contributed by atoms with Crippen molar-refractivity contribution in [2.45, 2.75) is 130 Å². The van der Waals surface area contributed by atoms with Crippen molar-refractivity contribution in [3.63, 3.8) is 0 Å². The van der Waals surface area contributed by atoms with Gasteiger partial charge in [0.05, 0.1) is 6.26 Å². The van der Waals surface area contributed by atoms with E-state index >= 15 is 0 Å². The molecule has 6 heteroatoms. The lowest BCUT2D eigenvalue weighted by molar-refractivity contribution is -0.0000178. The van der Waals surface area contributed by atoms with E-state index in [0.717, 1.165) is 5.38 Å². The van der Waals surface area contributed by atoms with Gasteiger partial charge in [0.15, 0.2) is 5.38 Å². The Morgan fingerprint density at radius 3 is 1.12 bits per heavy atom. The fourth-order valence-electron chi connectivity index (χ4n) is 4.18. The molecule has 0 aliphatic heterocycles. The molecule has 0 radical (unpaired) electrons. The highest BCUT2D eigenvalue weighted by Crippen LogP contribution is 2.17. The van der Waals surface area contributed by atoms with Crippen LogP contribution in [0.1, 0.15) is 130 Å². The van der Waals surface area contributed by atoms with E-state index < -0.39 is 8.80 Å². The van der Waals surface area contributed by atoms with E-state index in [1.807, 2.05) is 20.8 Å². The van der Waals surface area contributed by atoms with Crippen LogP contribution in [0.25, 0.3) is 0 Å². The van der Waals surface area contributed by atoms with Crippen molar-refractivity contribution in [3.05, 3.63) is 0 Å². The minimum atomic E-state index is -2.46. The molecule has 0 heterocycles. The second-order valence-electron chi connectivity index (χ2n) is 8.92. The Morgan fingerprint density at radius 1 is 0.500 bits per heavy atom. The van der Waals surface area contributed by atoms with Crippen LogP contribution < -0.4 is 12.4 Å². The van der Waals surface area contributed by atoms with Gasteiger partial charge in [0.1, 0.15) is 5.75 Å². The summed E-state index contributed by atoms with van der Waals surface area (Å²) in [5.41, 5.74) is 0. The van der Waals surface area contributed by atoms with E-state index in [-0.39, 0.29) is 12.4 Å². The Labute approximate surface area is 212 Å². The molecule has 1 atom stereocenters. The second kappa shape index (κ2) is 26.3. The maximum atomic E-state index is 6.02. The molecule has 0 bridgehead atoms. The Morgan fingerprint density at radius 2 is 0.812 bits per heavy atom. The normalized spacial score (nSPS) is 12.7. The molecule has 0 N–H and O–H groups in total. The molecule has 32 heavy (non-hydrogen) atoms. The molecule has 0 saturated heterocycles. The molecular weight excluding hydrogens is 456 g/mol. The topological polar surface area (TPSA) is 27.7 Å². The van der Waals surface area contributed by atoms with Crippen LogP contribution in [0.2, 0.25) is 0 Å². The summed E-state index contributed by atoms with van der Waals surface area (Å²) in [5.74, 6) is 1.29. The molecule has 196 valence electrons. The molecule has 3 nitrogen and oxygen atoms in total. The molecule has 0 spiro atoms. The van der Waals surface area contributed by atoms with Crippen LogP contribution in [0.4, 0.5) is 0 Å². The van der Waals surface area contributed by atoms with Crippen molar-refractivity contribution >= 4 is 19.7 Å². The lowest BCUT2D eigenvalue weighted by Gasteiger charge is -2.26. The highest BCUT2D eigenvalue weighted by atomic mass is 35.5. The first-order valence-electron chi connectivity index (χ1n) is 13.6. The minimum absolute atomic E-state index is 0. The number of unbranched alkanes of at least 4 members (excludes halogenated alkanes) is 15. The lowest BCUT2D eigenvalue weighted by atomic mass is 10.0. The van der Waals surface area contributed by atoms with Gasteiger partial charge in [0.25, 0.3) is 0 Å². The van der Waals surface area contributed by atoms with E-state index in [2.05, 4.69) is 13.2 Å². The number of halogens is 1. The summed E-state index contributed by atoms with van der Waals surface area (Å²) in [6.45, 7) is 10.5. The third-order valence-electron chi connectivity index (χ3n) is 5.86. The Balaban J connectivity index is 0. The van der Waals surface area contributed by atoms with Crippen molar-refractivity contribution in [3.8, 4) is 0 Å². The van der Waals surface area contributed by atoms with Gasteiger partial charge in [-0.15, -0.1) is 0 Å². The van der Waals surface area contributed by atoms with Gasteiger partial charge in [-0.05, 0) is 44.5 Å². The summed E-state index contributed by atoms with van der Waals surface area (Å²) in [7, 11) is -2.13. The second-order valence-corrected chi connectivity index (χ2v) is 14.3. The average Bonchev–Trinajstić information content (AvgIpc) is 2.74. The summed E-state index contributed by atoms with van der Waals surface area (Å²) >= 11 is 0. The van der Waals surface area contributed by atoms with Gasteiger partial charge < -0.3 is 25.7 Å². The molecule has 1 unspecified atom stereocenters. The smallest absolute Gasteiger partial charge is 0.553 e. The fraction of sp³-hybridized carbons (Fsp3) is 1.00. The van der Waals surface area contributed by atoms with E-state index in [1.165, 1.54) is 108 Å². The lowest BCUT2D eigenvalue weighted by Crippen LogP contribution is -3.00. The summed E-state index contributed by atoms with van der Waals surface area (Å²) in [4.78, 5) is 0. The standard InChI is InChI=1S/C26H57O3SSi.ClH/c1-6-10-11-12-13-14-15-16-17-18-19-20-21-22-23-24-25-30(5)26-31(27-7-2,28-8-3)29-9-4;/h6-26H2,1-5H3;1H/q+1;/p-1. The Bertz CT molecular complexity index is 347. The van der Waals surface area contributed by atoms with Crippen molar-refractivity contribution in [2.75, 3.05) is 37.2 Å². The molecule has 0 aliphatic carbocycles. The number of hydrogen-bond donors (Lipinski definition) is 0. The minimum Gasteiger partial charge on any atom is -1.00 e. The third kappa shape index (κ3) is 21.3. The number of hydrogen-bond acceptors (Lipinski definition) is 3. The zero-order valence-corrected chi connectivity index (χ0v) is 24.9. The van der Waals surface area contributed by atoms with Crippen molar-refractivity contribution in [2.24, 2.45) is 0 Å². The monoisotopic (exact) mass is 512 g/mol. The maximum Gasteiger partial charge on any atom is 0.553 e. The van der Waals surface area contributed by atoms with E-state index in [4.69, 9.17) is 13.3 Å². The van der Waals surface area contributed by atoms with Gasteiger partial charge in [0.2, 0.25) is 0 Å². The Kier molecular flexibility index (Phi) is 28.7. The van der Waals surface area contributed by atoms with Crippen LogP contribution in [0, 0.1) is 0 Å². The fourth-order valence-corrected chi connectivity index (χ4v) is 10.4. The molecule has 0 aromatic heterocycles. The molecule has 0 aliphatic rings. The quantitative estimate of drug-likeness (QED) is 0.0968. The predicted molar refractivity (Wildman–Crippen MR) is 143 cm³/mol. The summed E-state index contributed by atoms with van der Waals surface area (Å²) < 4.78 is 18.0. The Hall–Kier alpha value is 0.737. The largest absolute Gasteiger partial charge is 1.00 e. The summed E-state index contributed by atoms with van der Waals surface area (Å²) in [6.07, 6.45) is 25.2. The average molecular weight is 513 g/mol. The molecular formula is C26H57ClO3SSi. The molecule has 0 amide bonds. The highest BCUT2D eigenvalue weighted by Gasteiger charge is 2.46. The van der Waals surface area contributed by atoms with E-state index in [1.54, 1.807) is 0 Å². The molecule has 0 aromatic rings. The van der Waals surface area contributed by atoms with E-state index in [0.29, 0.717) is 30.7 Å². The van der Waals surface area contributed by atoms with Gasteiger partial charge >= 0.3 is 8.80 Å². The van der Waals surface area contributed by atoms with Gasteiger partial charge in [-0.3, -0.25) is 0 Å². The maximum absolute atomic E-state index is 6.02. The van der Waals surface area contributed by atoms with Gasteiger partial charge in [-0.2, -0.15) is 0 Å². The summed E-state index contributed by atoms with van der Waals surface area (Å²) in [5, 5.41) is 0.987. The van der Waals surface area contributed by atoms with Crippen molar-refractivity contribution < 1.29 is 25.7 Å².